The summed E-state index contributed by atoms with van der Waals surface area (Å²) in [4.78, 5) is 8.45. The monoisotopic (exact) mass is 385 g/mol. The van der Waals surface area contributed by atoms with Crippen LogP contribution in [0.1, 0.15) is 11.4 Å². The lowest BCUT2D eigenvalue weighted by Gasteiger charge is -2.12. The van der Waals surface area contributed by atoms with Crippen LogP contribution in [0.5, 0.6) is 0 Å². The standard InChI is InChI=1S/C14H19N5.HI/c1-15-14(17-10-12-6-3-4-8-16-12)18-11-13-7-5-9-19(13)2;/h3-9H,10-11H2,1-2H3,(H2,15,17,18);1H. The Kier molecular flexibility index (Phi) is 7.06. The minimum atomic E-state index is 0. The van der Waals surface area contributed by atoms with Crippen LogP contribution in [0.4, 0.5) is 0 Å². The molecule has 0 atom stereocenters. The van der Waals surface area contributed by atoms with Gasteiger partial charge >= 0.3 is 0 Å². The summed E-state index contributed by atoms with van der Waals surface area (Å²) in [6.07, 6.45) is 3.82. The second-order valence-corrected chi connectivity index (χ2v) is 4.21. The highest BCUT2D eigenvalue weighted by Gasteiger charge is 2.01. The molecule has 0 radical (unpaired) electrons. The number of hydrogen-bond donors (Lipinski definition) is 2. The molecule has 0 amide bonds. The third-order valence-corrected chi connectivity index (χ3v) is 2.87. The molecule has 0 saturated carbocycles. The molecular formula is C14H20IN5. The minimum Gasteiger partial charge on any atom is -0.353 e. The van der Waals surface area contributed by atoms with Gasteiger partial charge in [0.15, 0.2) is 5.96 Å². The van der Waals surface area contributed by atoms with Crippen molar-refractivity contribution in [1.29, 1.82) is 0 Å². The van der Waals surface area contributed by atoms with Gasteiger partial charge in [0, 0.05) is 32.2 Å². The average Bonchev–Trinajstić information content (AvgIpc) is 2.86. The first kappa shape index (κ1) is 16.5. The fourth-order valence-electron chi connectivity index (χ4n) is 1.75. The van der Waals surface area contributed by atoms with Crippen molar-refractivity contribution >= 4 is 29.9 Å². The van der Waals surface area contributed by atoms with Crippen LogP contribution in [0.2, 0.25) is 0 Å². The average molecular weight is 385 g/mol. The first-order valence-corrected chi connectivity index (χ1v) is 6.24. The zero-order valence-electron chi connectivity index (χ0n) is 11.7. The van der Waals surface area contributed by atoms with E-state index in [0.717, 1.165) is 18.2 Å². The Hall–Kier alpha value is -1.57. The van der Waals surface area contributed by atoms with Gasteiger partial charge in [-0.2, -0.15) is 0 Å². The van der Waals surface area contributed by atoms with Gasteiger partial charge in [-0.3, -0.25) is 9.98 Å². The topological polar surface area (TPSA) is 54.2 Å². The van der Waals surface area contributed by atoms with E-state index in [1.807, 2.05) is 37.5 Å². The van der Waals surface area contributed by atoms with Crippen LogP contribution in [0.3, 0.4) is 0 Å². The molecule has 0 bridgehead atoms. The molecule has 0 aliphatic carbocycles. The lowest BCUT2D eigenvalue weighted by atomic mass is 10.3. The summed E-state index contributed by atoms with van der Waals surface area (Å²) in [6.45, 7) is 1.40. The summed E-state index contributed by atoms with van der Waals surface area (Å²) in [6, 6.07) is 9.98. The molecule has 6 heteroatoms. The van der Waals surface area contributed by atoms with Gasteiger partial charge in [-0.05, 0) is 24.3 Å². The normalized spacial score (nSPS) is 10.8. The largest absolute Gasteiger partial charge is 0.353 e. The second kappa shape index (κ2) is 8.57. The maximum absolute atomic E-state index is 4.26. The summed E-state index contributed by atoms with van der Waals surface area (Å²) in [7, 11) is 3.79. The Morgan fingerprint density at radius 2 is 2.00 bits per heavy atom. The zero-order valence-corrected chi connectivity index (χ0v) is 14.0. The van der Waals surface area contributed by atoms with Crippen molar-refractivity contribution in [2.24, 2.45) is 12.0 Å². The van der Waals surface area contributed by atoms with E-state index in [-0.39, 0.29) is 24.0 Å². The molecule has 2 rings (SSSR count). The third-order valence-electron chi connectivity index (χ3n) is 2.87. The molecule has 0 aromatic carbocycles. The number of aryl methyl sites for hydroxylation is 1. The van der Waals surface area contributed by atoms with E-state index in [2.05, 4.69) is 31.2 Å². The lowest BCUT2D eigenvalue weighted by molar-refractivity contribution is 0.745. The van der Waals surface area contributed by atoms with Crippen LogP contribution in [0, 0.1) is 0 Å². The Bertz CT molecular complexity index is 536. The maximum atomic E-state index is 4.26. The minimum absolute atomic E-state index is 0. The van der Waals surface area contributed by atoms with Crippen molar-refractivity contribution in [2.45, 2.75) is 13.1 Å². The summed E-state index contributed by atoms with van der Waals surface area (Å²) in [5, 5.41) is 6.51. The van der Waals surface area contributed by atoms with Crippen molar-refractivity contribution in [3.05, 3.63) is 54.1 Å². The third kappa shape index (κ3) is 4.84. The molecule has 5 nitrogen and oxygen atoms in total. The smallest absolute Gasteiger partial charge is 0.191 e. The van der Waals surface area contributed by atoms with Crippen molar-refractivity contribution in [3.8, 4) is 0 Å². The Morgan fingerprint density at radius 3 is 2.60 bits per heavy atom. The Morgan fingerprint density at radius 1 is 1.20 bits per heavy atom. The van der Waals surface area contributed by atoms with Gasteiger partial charge in [0.1, 0.15) is 0 Å². The summed E-state index contributed by atoms with van der Waals surface area (Å²) in [5.41, 5.74) is 2.20. The zero-order chi connectivity index (χ0) is 13.5. The van der Waals surface area contributed by atoms with Crippen LogP contribution >= 0.6 is 24.0 Å². The van der Waals surface area contributed by atoms with Gasteiger partial charge < -0.3 is 15.2 Å². The van der Waals surface area contributed by atoms with E-state index in [4.69, 9.17) is 0 Å². The maximum Gasteiger partial charge on any atom is 0.191 e. The van der Waals surface area contributed by atoms with Gasteiger partial charge in [0.05, 0.1) is 18.8 Å². The molecule has 0 aliphatic rings. The highest BCUT2D eigenvalue weighted by Crippen LogP contribution is 1.98. The van der Waals surface area contributed by atoms with E-state index < -0.39 is 0 Å². The van der Waals surface area contributed by atoms with Gasteiger partial charge in [-0.1, -0.05) is 6.07 Å². The number of nitrogens with one attached hydrogen (secondary N) is 2. The summed E-state index contributed by atoms with van der Waals surface area (Å²) in [5.74, 6) is 0.770. The van der Waals surface area contributed by atoms with Crippen LogP contribution in [-0.2, 0) is 20.1 Å². The van der Waals surface area contributed by atoms with E-state index in [9.17, 15) is 0 Å². The fraction of sp³-hybridized carbons (Fsp3) is 0.286. The number of aromatic nitrogens is 2. The number of nitrogens with zero attached hydrogens (tertiary/aromatic N) is 3. The molecule has 0 saturated heterocycles. The Balaban J connectivity index is 0.00000200. The van der Waals surface area contributed by atoms with Crippen LogP contribution in [0.15, 0.2) is 47.7 Å². The molecule has 0 fully saturated rings. The molecular weight excluding hydrogens is 365 g/mol. The Labute approximate surface area is 136 Å². The highest BCUT2D eigenvalue weighted by atomic mass is 127. The second-order valence-electron chi connectivity index (χ2n) is 4.21. The van der Waals surface area contributed by atoms with Crippen LogP contribution in [0.25, 0.3) is 0 Å². The van der Waals surface area contributed by atoms with Gasteiger partial charge in [0.2, 0.25) is 0 Å². The van der Waals surface area contributed by atoms with Crippen molar-refractivity contribution in [3.63, 3.8) is 0 Å². The molecule has 0 unspecified atom stereocenters. The van der Waals surface area contributed by atoms with Crippen molar-refractivity contribution in [2.75, 3.05) is 7.05 Å². The van der Waals surface area contributed by atoms with E-state index in [1.54, 1.807) is 13.2 Å². The molecule has 108 valence electrons. The van der Waals surface area contributed by atoms with E-state index >= 15 is 0 Å². The van der Waals surface area contributed by atoms with Crippen LogP contribution in [-0.4, -0.2) is 22.6 Å². The van der Waals surface area contributed by atoms with Gasteiger partial charge in [0.25, 0.3) is 0 Å². The summed E-state index contributed by atoms with van der Waals surface area (Å²) >= 11 is 0. The van der Waals surface area contributed by atoms with Gasteiger partial charge in [-0.15, -0.1) is 24.0 Å². The quantitative estimate of drug-likeness (QED) is 0.480. The van der Waals surface area contributed by atoms with Crippen molar-refractivity contribution < 1.29 is 0 Å². The number of pyridine rings is 1. The number of aliphatic imine (C=N–C) groups is 1. The molecule has 2 aromatic rings. The number of guanidine groups is 1. The predicted molar refractivity (Wildman–Crippen MR) is 92.1 cm³/mol. The summed E-state index contributed by atoms with van der Waals surface area (Å²) < 4.78 is 2.08. The first-order chi connectivity index (χ1) is 9.29. The number of rotatable bonds is 4. The van der Waals surface area contributed by atoms with Crippen LogP contribution < -0.4 is 10.6 Å². The molecule has 20 heavy (non-hydrogen) atoms. The number of hydrogen-bond acceptors (Lipinski definition) is 2. The SMILES string of the molecule is CN=C(NCc1ccccn1)NCc1cccn1C.I. The molecule has 2 aromatic heterocycles. The fourth-order valence-corrected chi connectivity index (χ4v) is 1.75. The molecule has 2 heterocycles. The highest BCUT2D eigenvalue weighted by molar-refractivity contribution is 14.0. The lowest BCUT2D eigenvalue weighted by Crippen LogP contribution is -2.36. The first-order valence-electron chi connectivity index (χ1n) is 6.24. The van der Waals surface area contributed by atoms with Gasteiger partial charge in [-0.25, -0.2) is 0 Å². The molecule has 0 aliphatic heterocycles. The molecule has 0 spiro atoms. The van der Waals surface area contributed by atoms with Crippen molar-refractivity contribution in [1.82, 2.24) is 20.2 Å². The van der Waals surface area contributed by atoms with E-state index in [1.165, 1.54) is 5.69 Å². The predicted octanol–water partition coefficient (Wildman–Crippen LogP) is 1.90. The molecule has 2 N–H and O–H groups in total. The van der Waals surface area contributed by atoms with E-state index in [0.29, 0.717) is 6.54 Å². The number of halogens is 1.